The van der Waals surface area contributed by atoms with Crippen LogP contribution in [0.1, 0.15) is 37.2 Å². The van der Waals surface area contributed by atoms with E-state index in [0.717, 1.165) is 0 Å². The van der Waals surface area contributed by atoms with Crippen LogP contribution in [0.5, 0.6) is 0 Å². The van der Waals surface area contributed by atoms with Crippen molar-refractivity contribution in [1.29, 1.82) is 0 Å². The van der Waals surface area contributed by atoms with E-state index in [1.54, 1.807) is 38.1 Å². The van der Waals surface area contributed by atoms with Crippen LogP contribution in [-0.4, -0.2) is 25.2 Å². The molecule has 0 amide bonds. The maximum absolute atomic E-state index is 12.1. The highest BCUT2D eigenvalue weighted by Crippen LogP contribution is 2.28. The third-order valence-electron chi connectivity index (χ3n) is 3.02. The van der Waals surface area contributed by atoms with Gasteiger partial charge in [0.2, 0.25) is 0 Å². The Bertz CT molecular complexity index is 540. The number of hydrogen-bond donors (Lipinski definition) is 0. The largest absolute Gasteiger partial charge is 0.465 e. The molecule has 1 heterocycles. The summed E-state index contributed by atoms with van der Waals surface area (Å²) in [6.45, 7) is 3.74. The topological polar surface area (TPSA) is 71.1 Å². The van der Waals surface area contributed by atoms with Crippen molar-refractivity contribution in [2.75, 3.05) is 13.2 Å². The molecule has 1 aliphatic heterocycles. The molecule has 22 heavy (non-hydrogen) atoms. The van der Waals surface area contributed by atoms with Gasteiger partial charge in [-0.15, -0.1) is 0 Å². The monoisotopic (exact) mass is 306 g/mol. The highest BCUT2D eigenvalue weighted by atomic mass is 16.7. The maximum Gasteiger partial charge on any atom is 0.324 e. The van der Waals surface area contributed by atoms with Crippen LogP contribution in [0.3, 0.4) is 0 Å². The van der Waals surface area contributed by atoms with Gasteiger partial charge in [0.25, 0.3) is 6.29 Å². The lowest BCUT2D eigenvalue weighted by atomic mass is 9.97. The molecule has 0 aliphatic carbocycles. The summed E-state index contributed by atoms with van der Waals surface area (Å²) < 4.78 is 20.5. The fraction of sp³-hybridized carbons (Fsp3) is 0.375. The van der Waals surface area contributed by atoms with Crippen molar-refractivity contribution in [3.8, 4) is 0 Å². The molecule has 0 N–H and O–H groups in total. The summed E-state index contributed by atoms with van der Waals surface area (Å²) in [5.74, 6) is -2.39. The first-order valence-electron chi connectivity index (χ1n) is 7.06. The average molecular weight is 306 g/mol. The van der Waals surface area contributed by atoms with E-state index in [1.807, 2.05) is 0 Å². The molecule has 1 aromatic carbocycles. The zero-order valence-electron chi connectivity index (χ0n) is 12.5. The van der Waals surface area contributed by atoms with Crippen LogP contribution in [0.4, 0.5) is 0 Å². The van der Waals surface area contributed by atoms with Crippen molar-refractivity contribution in [3.63, 3.8) is 0 Å². The molecule has 0 atom stereocenters. The predicted octanol–water partition coefficient (Wildman–Crippen LogP) is 2.41. The first-order chi connectivity index (χ1) is 10.7. The van der Waals surface area contributed by atoms with E-state index >= 15 is 0 Å². The molecule has 6 heteroatoms. The lowest BCUT2D eigenvalue weighted by Crippen LogP contribution is -2.26. The molecule has 0 unspecified atom stereocenters. The molecule has 6 nitrogen and oxygen atoms in total. The summed E-state index contributed by atoms with van der Waals surface area (Å²) in [7, 11) is 0. The Hall–Kier alpha value is -2.50. The van der Waals surface area contributed by atoms with Crippen LogP contribution >= 0.6 is 0 Å². The van der Waals surface area contributed by atoms with Crippen LogP contribution < -0.4 is 0 Å². The van der Waals surface area contributed by atoms with Crippen LogP contribution in [0.15, 0.2) is 36.8 Å². The molecule has 1 aliphatic rings. The second-order valence-corrected chi connectivity index (χ2v) is 4.48. The maximum atomic E-state index is 12.1. The molecular formula is C16H18O6. The summed E-state index contributed by atoms with van der Waals surface area (Å²) in [5.41, 5.74) is 1.18. The Labute approximate surface area is 128 Å². The van der Waals surface area contributed by atoms with E-state index in [4.69, 9.17) is 18.9 Å². The highest BCUT2D eigenvalue weighted by molar-refractivity contribution is 6.00. The van der Waals surface area contributed by atoms with Crippen LogP contribution in [0, 0.1) is 0 Å². The average Bonchev–Trinajstić information content (AvgIpc) is 3.02. The Morgan fingerprint density at radius 3 is 2.23 bits per heavy atom. The zero-order valence-corrected chi connectivity index (χ0v) is 12.5. The van der Waals surface area contributed by atoms with E-state index in [-0.39, 0.29) is 13.2 Å². The molecule has 0 radical (unpaired) electrons. The molecule has 2 rings (SSSR count). The van der Waals surface area contributed by atoms with Crippen LogP contribution in [-0.2, 0) is 28.5 Å². The zero-order chi connectivity index (χ0) is 15.9. The van der Waals surface area contributed by atoms with Gasteiger partial charge in [-0.1, -0.05) is 18.2 Å². The molecule has 0 saturated heterocycles. The summed E-state index contributed by atoms with van der Waals surface area (Å²) in [6, 6.07) is 6.86. The summed E-state index contributed by atoms with van der Waals surface area (Å²) in [4.78, 5) is 24.2. The molecule has 118 valence electrons. The fourth-order valence-corrected chi connectivity index (χ4v) is 2.10. The van der Waals surface area contributed by atoms with E-state index in [2.05, 4.69) is 0 Å². The van der Waals surface area contributed by atoms with Gasteiger partial charge in [0.05, 0.1) is 13.2 Å². The molecular weight excluding hydrogens is 288 g/mol. The molecule has 0 spiro atoms. The number of carbonyl (C=O) groups is 2. The molecule has 0 bridgehead atoms. The quantitative estimate of drug-likeness (QED) is 0.594. The van der Waals surface area contributed by atoms with Gasteiger partial charge in [-0.3, -0.25) is 9.59 Å². The minimum absolute atomic E-state index is 0.188. The first-order valence-corrected chi connectivity index (χ1v) is 7.06. The Morgan fingerprint density at radius 2 is 1.68 bits per heavy atom. The Balaban J connectivity index is 2.28. The minimum Gasteiger partial charge on any atom is -0.465 e. The summed E-state index contributed by atoms with van der Waals surface area (Å²) >= 11 is 0. The highest BCUT2D eigenvalue weighted by Gasteiger charge is 2.32. The number of rotatable bonds is 6. The summed E-state index contributed by atoms with van der Waals surface area (Å²) in [5, 5.41) is 0. The van der Waals surface area contributed by atoms with Crippen molar-refractivity contribution < 1.29 is 28.5 Å². The van der Waals surface area contributed by atoms with Gasteiger partial charge in [0.15, 0.2) is 5.92 Å². The smallest absolute Gasteiger partial charge is 0.324 e. The van der Waals surface area contributed by atoms with Crippen molar-refractivity contribution in [2.24, 2.45) is 0 Å². The number of hydrogen-bond acceptors (Lipinski definition) is 6. The Morgan fingerprint density at radius 1 is 1.09 bits per heavy atom. The molecule has 0 saturated carbocycles. The van der Waals surface area contributed by atoms with Crippen LogP contribution in [0.25, 0.3) is 0 Å². The number of carbonyl (C=O) groups excluding carboxylic acids is 2. The number of ether oxygens (including phenoxy) is 4. The molecule has 1 aromatic rings. The lowest BCUT2D eigenvalue weighted by Gasteiger charge is -2.17. The second-order valence-electron chi connectivity index (χ2n) is 4.48. The lowest BCUT2D eigenvalue weighted by molar-refractivity contribution is -0.156. The summed E-state index contributed by atoms with van der Waals surface area (Å²) in [6.07, 6.45) is 2.29. The van der Waals surface area contributed by atoms with Gasteiger partial charge >= 0.3 is 11.9 Å². The van der Waals surface area contributed by atoms with Crippen molar-refractivity contribution in [2.45, 2.75) is 26.1 Å². The van der Waals surface area contributed by atoms with Gasteiger partial charge in [-0.2, -0.15) is 0 Å². The SMILES string of the molecule is CCOC(=O)C(C(=O)OCC)c1cccc(C2OC=CO2)c1. The number of benzene rings is 1. The fourth-order valence-electron chi connectivity index (χ4n) is 2.10. The number of esters is 2. The second kappa shape index (κ2) is 7.49. The van der Waals surface area contributed by atoms with Gasteiger partial charge < -0.3 is 18.9 Å². The van der Waals surface area contributed by atoms with E-state index in [0.29, 0.717) is 11.1 Å². The standard InChI is InChI=1S/C16H18O6/c1-3-19-14(17)13(15(18)20-4-2)11-6-5-7-12(10-11)16-21-8-9-22-16/h5-10,13,16H,3-4H2,1-2H3. The first kappa shape index (κ1) is 15.9. The van der Waals surface area contributed by atoms with Crippen molar-refractivity contribution in [1.82, 2.24) is 0 Å². The Kier molecular flexibility index (Phi) is 5.41. The van der Waals surface area contributed by atoms with Crippen molar-refractivity contribution in [3.05, 3.63) is 47.9 Å². The normalized spacial score (nSPS) is 13.6. The van der Waals surface area contributed by atoms with Gasteiger partial charge in [-0.25, -0.2) is 0 Å². The third kappa shape index (κ3) is 3.58. The molecule has 0 aromatic heterocycles. The van der Waals surface area contributed by atoms with E-state index in [9.17, 15) is 9.59 Å². The van der Waals surface area contributed by atoms with E-state index < -0.39 is 24.1 Å². The molecule has 0 fully saturated rings. The van der Waals surface area contributed by atoms with E-state index in [1.165, 1.54) is 12.5 Å². The van der Waals surface area contributed by atoms with Gasteiger partial charge in [0, 0.05) is 5.56 Å². The van der Waals surface area contributed by atoms with Crippen LogP contribution in [0.2, 0.25) is 0 Å². The predicted molar refractivity (Wildman–Crippen MR) is 76.5 cm³/mol. The van der Waals surface area contributed by atoms with Crippen molar-refractivity contribution >= 4 is 11.9 Å². The third-order valence-corrected chi connectivity index (χ3v) is 3.02. The van der Waals surface area contributed by atoms with Gasteiger partial charge in [-0.05, 0) is 25.5 Å². The minimum atomic E-state index is -1.12. The van der Waals surface area contributed by atoms with Gasteiger partial charge in [0.1, 0.15) is 12.5 Å².